The van der Waals surface area contributed by atoms with Crippen molar-refractivity contribution >= 4 is 17.9 Å². The molecule has 0 saturated carbocycles. The number of allylic oxidation sites excluding steroid dienone is 24. The van der Waals surface area contributed by atoms with Crippen LogP contribution in [0.15, 0.2) is 146 Å². The number of hydrogen-bond acceptors (Lipinski definition) is 6. The first-order chi connectivity index (χ1) is 38.0. The molecule has 77 heavy (non-hydrogen) atoms. The molecule has 0 spiro atoms. The molecule has 0 N–H and O–H groups in total. The van der Waals surface area contributed by atoms with Gasteiger partial charge in [-0.25, -0.2) is 0 Å². The van der Waals surface area contributed by atoms with E-state index in [0.29, 0.717) is 19.3 Å². The van der Waals surface area contributed by atoms with Crippen LogP contribution in [0.2, 0.25) is 0 Å². The Balaban J connectivity index is 4.39. The quantitative estimate of drug-likeness (QED) is 0.0261. The van der Waals surface area contributed by atoms with Crippen molar-refractivity contribution in [1.82, 2.24) is 0 Å². The Bertz CT molecular complexity index is 1700. The average molecular weight is 1060 g/mol. The standard InChI is InChI=1S/C71H114O6/c1-4-7-10-13-16-19-22-24-26-28-30-32-34-35-37-38-40-42-44-46-49-52-55-58-61-64-70(73)76-67-68(66-75-69(72)63-60-57-54-51-48-21-18-15-12-9-6-3)77-71(74)65-62-59-56-53-50-47-45-43-41-39-36-33-31-29-27-25-23-20-17-14-11-8-5-2/h7-8,10-11,15-20,24-27,30-33,35,37,39-42,68H,4-6,9,12-14,21-23,28-29,34,36,38,43-67H2,1-3H3/b10-7-,11-8-,18-15-,19-16-,20-17-,26-24-,27-25-,32-30-,33-31-,37-35-,41-39-,42-40-. The zero-order chi connectivity index (χ0) is 55.7. The number of unbranched alkanes of at least 4 members (excludes halogenated alkanes) is 20. The average Bonchev–Trinajstić information content (AvgIpc) is 3.43. The van der Waals surface area contributed by atoms with E-state index in [-0.39, 0.29) is 31.1 Å². The van der Waals surface area contributed by atoms with E-state index < -0.39 is 6.10 Å². The maximum absolute atomic E-state index is 12.9. The van der Waals surface area contributed by atoms with Gasteiger partial charge >= 0.3 is 17.9 Å². The largest absolute Gasteiger partial charge is 0.462 e. The minimum Gasteiger partial charge on any atom is -0.462 e. The third kappa shape index (κ3) is 62.0. The molecule has 0 aliphatic rings. The lowest BCUT2D eigenvalue weighted by molar-refractivity contribution is -0.167. The van der Waals surface area contributed by atoms with Gasteiger partial charge in [0, 0.05) is 19.3 Å². The van der Waals surface area contributed by atoms with Crippen molar-refractivity contribution in [3.05, 3.63) is 146 Å². The Kier molecular flexibility index (Phi) is 59.9. The molecule has 0 bridgehead atoms. The summed E-state index contributed by atoms with van der Waals surface area (Å²) in [6.07, 6.45) is 91.3. The molecule has 1 atom stereocenters. The number of carbonyl (C=O) groups excluding carboxylic acids is 3. The molecule has 6 nitrogen and oxygen atoms in total. The van der Waals surface area contributed by atoms with Crippen molar-refractivity contribution in [1.29, 1.82) is 0 Å². The Labute approximate surface area is 474 Å². The highest BCUT2D eigenvalue weighted by atomic mass is 16.6. The van der Waals surface area contributed by atoms with Crippen molar-refractivity contribution in [3.8, 4) is 0 Å². The van der Waals surface area contributed by atoms with Gasteiger partial charge in [0.05, 0.1) is 0 Å². The second kappa shape index (κ2) is 63.8. The van der Waals surface area contributed by atoms with E-state index in [9.17, 15) is 14.4 Å². The summed E-state index contributed by atoms with van der Waals surface area (Å²) >= 11 is 0. The van der Waals surface area contributed by atoms with Gasteiger partial charge in [0.1, 0.15) is 13.2 Å². The Hall–Kier alpha value is -4.71. The van der Waals surface area contributed by atoms with Crippen LogP contribution in [0.4, 0.5) is 0 Å². The molecule has 0 heterocycles. The lowest BCUT2D eigenvalue weighted by atomic mass is 10.1. The number of carbonyl (C=O) groups is 3. The molecular formula is C71H114O6. The van der Waals surface area contributed by atoms with Crippen LogP contribution in [-0.2, 0) is 28.6 Å². The van der Waals surface area contributed by atoms with Crippen molar-refractivity contribution in [2.24, 2.45) is 0 Å². The van der Waals surface area contributed by atoms with Gasteiger partial charge in [0.25, 0.3) is 0 Å². The topological polar surface area (TPSA) is 78.9 Å². The van der Waals surface area contributed by atoms with Gasteiger partial charge in [-0.05, 0) is 135 Å². The molecule has 0 aromatic heterocycles. The monoisotopic (exact) mass is 1060 g/mol. The van der Waals surface area contributed by atoms with Crippen molar-refractivity contribution < 1.29 is 28.6 Å². The summed E-state index contributed by atoms with van der Waals surface area (Å²) in [5.41, 5.74) is 0. The van der Waals surface area contributed by atoms with Crippen LogP contribution in [0.1, 0.15) is 265 Å². The maximum Gasteiger partial charge on any atom is 0.306 e. The first kappa shape index (κ1) is 72.3. The van der Waals surface area contributed by atoms with Crippen molar-refractivity contribution in [3.63, 3.8) is 0 Å². The molecule has 0 rings (SSSR count). The molecule has 0 aromatic rings. The van der Waals surface area contributed by atoms with Gasteiger partial charge in [0.15, 0.2) is 6.10 Å². The van der Waals surface area contributed by atoms with Crippen LogP contribution in [0.25, 0.3) is 0 Å². The van der Waals surface area contributed by atoms with Crippen LogP contribution >= 0.6 is 0 Å². The van der Waals surface area contributed by atoms with E-state index in [1.807, 2.05) is 0 Å². The second-order valence-corrected chi connectivity index (χ2v) is 20.2. The van der Waals surface area contributed by atoms with E-state index in [4.69, 9.17) is 14.2 Å². The summed E-state index contributed by atoms with van der Waals surface area (Å²) in [4.78, 5) is 38.3. The lowest BCUT2D eigenvalue weighted by Crippen LogP contribution is -2.30. The van der Waals surface area contributed by atoms with Gasteiger partial charge in [-0.2, -0.15) is 0 Å². The summed E-state index contributed by atoms with van der Waals surface area (Å²) in [5, 5.41) is 0. The third-order valence-corrected chi connectivity index (χ3v) is 12.8. The van der Waals surface area contributed by atoms with E-state index in [2.05, 4.69) is 167 Å². The molecule has 0 radical (unpaired) electrons. The normalized spacial score (nSPS) is 13.1. The highest BCUT2D eigenvalue weighted by molar-refractivity contribution is 5.71. The fraction of sp³-hybridized carbons (Fsp3) is 0.620. The molecule has 434 valence electrons. The molecule has 6 heteroatoms. The second-order valence-electron chi connectivity index (χ2n) is 20.2. The van der Waals surface area contributed by atoms with E-state index in [1.54, 1.807) is 0 Å². The summed E-state index contributed by atoms with van der Waals surface area (Å²) in [6, 6.07) is 0. The molecule has 1 unspecified atom stereocenters. The summed E-state index contributed by atoms with van der Waals surface area (Å²) in [5.74, 6) is -0.934. The number of rotatable bonds is 55. The summed E-state index contributed by atoms with van der Waals surface area (Å²) in [7, 11) is 0. The Morgan fingerprint density at radius 3 is 0.805 bits per heavy atom. The number of ether oxygens (including phenoxy) is 3. The first-order valence-electron chi connectivity index (χ1n) is 31.3. The number of esters is 3. The SMILES string of the molecule is CC/C=C\C/C=C\C/C=C\C/C=C\C/C=C\C/C=C\CCCCCCCCC(=O)OCC(COC(=O)CCCCCCC/C=C\CCCC)OC(=O)CCCCCCCCC/C=C\C/C=C\C/C=C\C/C=C\C/C=C\CC. The minimum atomic E-state index is -0.801. The Morgan fingerprint density at radius 2 is 0.506 bits per heavy atom. The molecule has 0 fully saturated rings. The zero-order valence-electron chi connectivity index (χ0n) is 49.7. The molecule has 0 aliphatic carbocycles. The highest BCUT2D eigenvalue weighted by Crippen LogP contribution is 2.14. The van der Waals surface area contributed by atoms with Crippen LogP contribution < -0.4 is 0 Å². The van der Waals surface area contributed by atoms with Crippen LogP contribution in [0.3, 0.4) is 0 Å². The highest BCUT2D eigenvalue weighted by Gasteiger charge is 2.19. The smallest absolute Gasteiger partial charge is 0.306 e. The molecule has 0 aromatic carbocycles. The molecule has 0 aliphatic heterocycles. The molecule has 0 amide bonds. The molecule has 0 saturated heterocycles. The van der Waals surface area contributed by atoms with Crippen LogP contribution in [0, 0.1) is 0 Å². The van der Waals surface area contributed by atoms with E-state index in [0.717, 1.165) is 167 Å². The fourth-order valence-electron chi connectivity index (χ4n) is 8.16. The summed E-state index contributed by atoms with van der Waals surface area (Å²) < 4.78 is 16.9. The van der Waals surface area contributed by atoms with Gasteiger partial charge in [-0.15, -0.1) is 0 Å². The zero-order valence-corrected chi connectivity index (χ0v) is 49.7. The first-order valence-corrected chi connectivity index (χ1v) is 31.3. The summed E-state index contributed by atoms with van der Waals surface area (Å²) in [6.45, 7) is 6.34. The van der Waals surface area contributed by atoms with Gasteiger partial charge in [-0.3, -0.25) is 14.4 Å². The van der Waals surface area contributed by atoms with Gasteiger partial charge in [-0.1, -0.05) is 256 Å². The Morgan fingerprint density at radius 1 is 0.273 bits per heavy atom. The predicted molar refractivity (Wildman–Crippen MR) is 334 cm³/mol. The predicted octanol–water partition coefficient (Wildman–Crippen LogP) is 21.5. The lowest BCUT2D eigenvalue weighted by Gasteiger charge is -2.18. The van der Waals surface area contributed by atoms with Gasteiger partial charge < -0.3 is 14.2 Å². The van der Waals surface area contributed by atoms with Gasteiger partial charge in [0.2, 0.25) is 0 Å². The third-order valence-electron chi connectivity index (χ3n) is 12.8. The minimum absolute atomic E-state index is 0.0968. The maximum atomic E-state index is 12.9. The van der Waals surface area contributed by atoms with Crippen LogP contribution in [0.5, 0.6) is 0 Å². The fourth-order valence-corrected chi connectivity index (χ4v) is 8.16. The number of hydrogen-bond donors (Lipinski definition) is 0. The van der Waals surface area contributed by atoms with Crippen LogP contribution in [-0.4, -0.2) is 37.2 Å². The van der Waals surface area contributed by atoms with Crippen molar-refractivity contribution in [2.75, 3.05) is 13.2 Å². The van der Waals surface area contributed by atoms with E-state index >= 15 is 0 Å². The van der Waals surface area contributed by atoms with E-state index in [1.165, 1.54) is 57.8 Å². The molecular weight excluding hydrogens is 949 g/mol. The van der Waals surface area contributed by atoms with Crippen molar-refractivity contribution in [2.45, 2.75) is 271 Å².